The van der Waals surface area contributed by atoms with Gasteiger partial charge in [0.25, 0.3) is 0 Å². The van der Waals surface area contributed by atoms with Gasteiger partial charge in [0.2, 0.25) is 0 Å². The average Bonchev–Trinajstić information content (AvgIpc) is 3.05. The Hall–Kier alpha value is -4.07. The summed E-state index contributed by atoms with van der Waals surface area (Å²) in [6.07, 6.45) is 9.68. The van der Waals surface area contributed by atoms with Crippen molar-refractivity contribution in [2.45, 2.75) is 86.0 Å². The van der Waals surface area contributed by atoms with Crippen LogP contribution in [0.1, 0.15) is 86.0 Å². The van der Waals surface area contributed by atoms with Crippen LogP contribution in [0.3, 0.4) is 0 Å². The van der Waals surface area contributed by atoms with Crippen LogP contribution < -0.4 is 9.64 Å². The number of carbonyl (C=O) groups excluding carboxylic acids is 1. The second-order valence-electron chi connectivity index (χ2n) is 10.3. The highest BCUT2D eigenvalue weighted by molar-refractivity contribution is 5.68. The van der Waals surface area contributed by atoms with E-state index < -0.39 is 0 Å². The van der Waals surface area contributed by atoms with Gasteiger partial charge in [-0.25, -0.2) is 0 Å². The van der Waals surface area contributed by atoms with Crippen LogP contribution in [0.2, 0.25) is 0 Å². The molecule has 0 radical (unpaired) electrons. The molecule has 0 aliphatic rings. The van der Waals surface area contributed by atoms with Crippen LogP contribution in [-0.2, 0) is 9.53 Å². The number of nitrogens with zero attached hydrogens (tertiary/aromatic N) is 5. The topological polar surface area (TPSA) is 88.2 Å². The first-order valence-corrected chi connectivity index (χ1v) is 15.8. The third kappa shape index (κ3) is 13.9. The molecule has 0 aromatic heterocycles. The van der Waals surface area contributed by atoms with E-state index in [1.165, 1.54) is 37.8 Å². The Kier molecular flexibility index (Phi) is 17.7. The summed E-state index contributed by atoms with van der Waals surface area (Å²) in [5, 5.41) is 17.4. The largest absolute Gasteiger partial charge is 0.494 e. The summed E-state index contributed by atoms with van der Waals surface area (Å²) in [5.41, 5.74) is 4.29. The van der Waals surface area contributed by atoms with Crippen molar-refractivity contribution in [2.75, 3.05) is 31.2 Å². The summed E-state index contributed by atoms with van der Waals surface area (Å²) in [4.78, 5) is 13.4. The van der Waals surface area contributed by atoms with Crippen LogP contribution in [-0.4, -0.2) is 32.3 Å². The van der Waals surface area contributed by atoms with Gasteiger partial charge in [0.05, 0.1) is 36.0 Å². The molecule has 0 spiro atoms. The third-order valence-corrected chi connectivity index (χ3v) is 7.09. The van der Waals surface area contributed by atoms with Gasteiger partial charge in [-0.15, -0.1) is 0 Å². The summed E-state index contributed by atoms with van der Waals surface area (Å²) in [7, 11) is 0. The molecule has 0 N–H and O–H groups in total. The fourth-order valence-corrected chi connectivity index (χ4v) is 4.49. The molecule has 0 amide bonds. The van der Waals surface area contributed by atoms with Gasteiger partial charge in [0.1, 0.15) is 5.75 Å². The highest BCUT2D eigenvalue weighted by Gasteiger charge is 2.02. The quantitative estimate of drug-likeness (QED) is 0.0732. The summed E-state index contributed by atoms with van der Waals surface area (Å²) in [5.74, 6) is 0.745. The van der Waals surface area contributed by atoms with Gasteiger partial charge < -0.3 is 14.4 Å². The molecule has 0 bridgehead atoms. The fraction of sp³-hybridized carbons (Fsp3) is 0.472. The zero-order valence-corrected chi connectivity index (χ0v) is 26.1. The first-order valence-electron chi connectivity index (χ1n) is 15.8. The van der Waals surface area contributed by atoms with Gasteiger partial charge in [-0.05, 0) is 99.5 Å². The molecule has 0 heterocycles. The van der Waals surface area contributed by atoms with Gasteiger partial charge in [-0.3, -0.25) is 4.79 Å². The maximum atomic E-state index is 11.1. The maximum Gasteiger partial charge on any atom is 0.305 e. The van der Waals surface area contributed by atoms with Gasteiger partial charge >= 0.3 is 5.97 Å². The van der Waals surface area contributed by atoms with Crippen molar-refractivity contribution in [3.8, 4) is 5.75 Å². The summed E-state index contributed by atoms with van der Waals surface area (Å²) >= 11 is 0. The van der Waals surface area contributed by atoms with E-state index in [2.05, 4.69) is 51.3 Å². The summed E-state index contributed by atoms with van der Waals surface area (Å²) < 4.78 is 11.0. The van der Waals surface area contributed by atoms with E-state index in [9.17, 15) is 4.79 Å². The zero-order valence-electron chi connectivity index (χ0n) is 26.1. The zero-order chi connectivity index (χ0) is 30.5. The third-order valence-electron chi connectivity index (χ3n) is 7.09. The Balaban J connectivity index is 0.00000675. The van der Waals surface area contributed by atoms with Crippen LogP contribution in [0.5, 0.6) is 5.75 Å². The van der Waals surface area contributed by atoms with Gasteiger partial charge in [0.15, 0.2) is 0 Å². The molecule has 0 atom stereocenters. The Bertz CT molecular complexity index is 1240. The number of ether oxygens (including phenoxy) is 2. The smallest absolute Gasteiger partial charge is 0.305 e. The molecule has 0 unspecified atom stereocenters. The van der Waals surface area contributed by atoms with Crippen LogP contribution in [0.4, 0.5) is 28.4 Å². The molecule has 0 fully saturated rings. The molecule has 3 aromatic carbocycles. The van der Waals surface area contributed by atoms with Crippen molar-refractivity contribution < 1.29 is 14.3 Å². The number of carbonyl (C=O) groups is 1. The van der Waals surface area contributed by atoms with E-state index in [1.54, 1.807) is 0 Å². The normalized spacial score (nSPS) is 11.1. The lowest BCUT2D eigenvalue weighted by Gasteiger charge is -2.20. The summed E-state index contributed by atoms with van der Waals surface area (Å²) in [6, 6.07) is 23.4. The molecule has 8 nitrogen and oxygen atoms in total. The van der Waals surface area contributed by atoms with E-state index in [-0.39, 0.29) is 13.4 Å². The molecule has 3 aromatic rings. The number of esters is 1. The number of azo groups is 2. The molecule has 0 saturated carbocycles. The van der Waals surface area contributed by atoms with Gasteiger partial charge in [-0.1, -0.05) is 52.9 Å². The number of unbranched alkanes of at least 4 members (excludes halogenated alkanes) is 7. The second-order valence-corrected chi connectivity index (χ2v) is 10.3. The minimum absolute atomic E-state index is 0. The predicted octanol–water partition coefficient (Wildman–Crippen LogP) is 11.5. The van der Waals surface area contributed by atoms with Crippen molar-refractivity contribution in [2.24, 2.45) is 20.5 Å². The Morgan fingerprint density at radius 1 is 0.568 bits per heavy atom. The van der Waals surface area contributed by atoms with Crippen molar-refractivity contribution in [3.63, 3.8) is 0 Å². The lowest BCUT2D eigenvalue weighted by molar-refractivity contribution is -0.143. The Labute approximate surface area is 264 Å². The lowest BCUT2D eigenvalue weighted by atomic mass is 10.1. The number of hydrogen-bond donors (Lipinski definition) is 0. The molecule has 8 heteroatoms. The SMILES string of the molecule is C.CCC(=O)OCCCCCCCCCCOc1ccc(N=Nc2ccc(N=Nc3ccc(N(CC)CC)cc3)cc2)cc1. The molecule has 3 rings (SSSR count). The van der Waals surface area contributed by atoms with Gasteiger partial charge in [-0.2, -0.15) is 20.5 Å². The van der Waals surface area contributed by atoms with E-state index in [4.69, 9.17) is 9.47 Å². The molecular formula is C36H51N5O3. The minimum Gasteiger partial charge on any atom is -0.494 e. The highest BCUT2D eigenvalue weighted by Crippen LogP contribution is 2.25. The molecule has 0 saturated heterocycles. The second kappa shape index (κ2) is 21.6. The van der Waals surface area contributed by atoms with Crippen molar-refractivity contribution in [1.29, 1.82) is 0 Å². The molecule has 0 aliphatic carbocycles. The molecule has 44 heavy (non-hydrogen) atoms. The minimum atomic E-state index is -0.102. The average molecular weight is 602 g/mol. The Morgan fingerprint density at radius 2 is 0.955 bits per heavy atom. The van der Waals surface area contributed by atoms with E-state index >= 15 is 0 Å². The summed E-state index contributed by atoms with van der Waals surface area (Å²) in [6.45, 7) is 9.36. The fourth-order valence-electron chi connectivity index (χ4n) is 4.49. The monoisotopic (exact) mass is 601 g/mol. The molecule has 0 aliphatic heterocycles. The van der Waals surface area contributed by atoms with Crippen molar-refractivity contribution >= 4 is 34.4 Å². The number of anilines is 1. The van der Waals surface area contributed by atoms with Crippen LogP contribution >= 0.6 is 0 Å². The highest BCUT2D eigenvalue weighted by atomic mass is 16.5. The molecule has 238 valence electrons. The van der Waals surface area contributed by atoms with Crippen molar-refractivity contribution in [3.05, 3.63) is 72.8 Å². The lowest BCUT2D eigenvalue weighted by Crippen LogP contribution is -2.21. The number of benzene rings is 3. The van der Waals surface area contributed by atoms with Crippen molar-refractivity contribution in [1.82, 2.24) is 0 Å². The van der Waals surface area contributed by atoms with Crippen LogP contribution in [0, 0.1) is 0 Å². The number of hydrogen-bond acceptors (Lipinski definition) is 8. The maximum absolute atomic E-state index is 11.1. The van der Waals surface area contributed by atoms with E-state index in [1.807, 2.05) is 67.6 Å². The Morgan fingerprint density at radius 3 is 1.39 bits per heavy atom. The van der Waals surface area contributed by atoms with E-state index in [0.717, 1.165) is 67.5 Å². The first-order chi connectivity index (χ1) is 21.1. The standard InChI is InChI=1S/C35H47N5O3.CH4/c1-4-35(41)43-28-14-12-10-8-7-9-11-13-27-42-34-25-21-32(22-26-34)39-37-30-17-15-29(16-18-30)36-38-31-19-23-33(24-20-31)40(5-2)6-3;/h15-26H,4-14,27-28H2,1-3H3;1H4. The predicted molar refractivity (Wildman–Crippen MR) is 182 cm³/mol. The number of rotatable bonds is 20. The molecular weight excluding hydrogens is 550 g/mol. The first kappa shape index (κ1) is 36.1. The van der Waals surface area contributed by atoms with Crippen LogP contribution in [0.25, 0.3) is 0 Å². The van der Waals surface area contributed by atoms with Gasteiger partial charge in [0, 0.05) is 25.2 Å². The van der Waals surface area contributed by atoms with Crippen LogP contribution in [0.15, 0.2) is 93.3 Å². The van der Waals surface area contributed by atoms with E-state index in [0.29, 0.717) is 13.0 Å².